The predicted octanol–water partition coefficient (Wildman–Crippen LogP) is 0.864. The molecule has 0 aliphatic rings. The monoisotopic (exact) mass is 183 g/mol. The zero-order valence-electron chi connectivity index (χ0n) is 8.65. The van der Waals surface area contributed by atoms with Crippen molar-refractivity contribution in [1.29, 1.82) is 0 Å². The molecule has 1 atom stereocenters. The van der Waals surface area contributed by atoms with Crippen LogP contribution in [0.3, 0.4) is 0 Å². The van der Waals surface area contributed by atoms with Crippen LogP contribution in [0.4, 0.5) is 0 Å². The molecule has 4 nitrogen and oxygen atoms in total. The molecule has 74 valence electrons. The zero-order valence-corrected chi connectivity index (χ0v) is 8.65. The molecule has 0 fully saturated rings. The van der Waals surface area contributed by atoms with Gasteiger partial charge in [-0.15, -0.1) is 5.10 Å². The molecule has 0 radical (unpaired) electrons. The lowest BCUT2D eigenvalue weighted by molar-refractivity contribution is 0.154. The first-order valence-electron chi connectivity index (χ1n) is 4.47. The normalized spacial score (nSPS) is 14.5. The summed E-state index contributed by atoms with van der Waals surface area (Å²) in [5.41, 5.74) is 0.972. The van der Waals surface area contributed by atoms with Crippen LogP contribution < -0.4 is 0 Å². The molecule has 0 saturated heterocycles. The quantitative estimate of drug-likeness (QED) is 0.756. The summed E-state index contributed by atoms with van der Waals surface area (Å²) in [5.74, 6) is 0. The van der Waals surface area contributed by atoms with Crippen molar-refractivity contribution < 1.29 is 5.11 Å². The second kappa shape index (κ2) is 3.46. The summed E-state index contributed by atoms with van der Waals surface area (Å²) < 4.78 is 1.75. The average molecular weight is 183 g/mol. The number of hydrogen-bond donors (Lipinski definition) is 1. The number of aliphatic hydroxyl groups excluding tert-OH is 1. The Labute approximate surface area is 78.6 Å². The minimum absolute atomic E-state index is 0.0770. The van der Waals surface area contributed by atoms with Crippen LogP contribution in [0.2, 0.25) is 0 Å². The lowest BCUT2D eigenvalue weighted by Crippen LogP contribution is -2.25. The van der Waals surface area contributed by atoms with Gasteiger partial charge < -0.3 is 5.11 Å². The van der Waals surface area contributed by atoms with Gasteiger partial charge in [-0.2, -0.15) is 0 Å². The Kier molecular flexibility index (Phi) is 2.71. The van der Waals surface area contributed by atoms with Crippen LogP contribution in [-0.4, -0.2) is 26.2 Å². The molecule has 0 saturated carbocycles. The smallest absolute Gasteiger partial charge is 0.0730 e. The van der Waals surface area contributed by atoms with Crippen molar-refractivity contribution in [2.45, 2.75) is 38.7 Å². The second-order valence-corrected chi connectivity index (χ2v) is 4.18. The number of rotatable bonds is 3. The standard InChI is InChI=1S/C9H17N3O/c1-7(13)5-9(2,3)8-6-10-11-12(8)4/h6-7,13H,5H2,1-4H3. The van der Waals surface area contributed by atoms with Crippen molar-refractivity contribution >= 4 is 0 Å². The molecule has 0 aliphatic carbocycles. The minimum Gasteiger partial charge on any atom is -0.393 e. The van der Waals surface area contributed by atoms with E-state index in [1.165, 1.54) is 0 Å². The lowest BCUT2D eigenvalue weighted by Gasteiger charge is -2.25. The van der Waals surface area contributed by atoms with Crippen molar-refractivity contribution in [3.05, 3.63) is 11.9 Å². The molecule has 1 heterocycles. The fraction of sp³-hybridized carbons (Fsp3) is 0.778. The molecule has 0 aliphatic heterocycles. The Balaban J connectivity index is 2.87. The summed E-state index contributed by atoms with van der Waals surface area (Å²) in [5, 5.41) is 17.0. The van der Waals surface area contributed by atoms with Gasteiger partial charge in [-0.3, -0.25) is 4.68 Å². The first kappa shape index (κ1) is 10.2. The average Bonchev–Trinajstić information content (AvgIpc) is 2.32. The topological polar surface area (TPSA) is 50.9 Å². The van der Waals surface area contributed by atoms with Crippen molar-refractivity contribution in [1.82, 2.24) is 15.0 Å². The van der Waals surface area contributed by atoms with E-state index in [1.807, 2.05) is 7.05 Å². The van der Waals surface area contributed by atoms with Crippen molar-refractivity contribution in [3.8, 4) is 0 Å². The van der Waals surface area contributed by atoms with Crippen LogP contribution >= 0.6 is 0 Å². The molecule has 0 aromatic carbocycles. The highest BCUT2D eigenvalue weighted by atomic mass is 16.3. The van der Waals surface area contributed by atoms with E-state index in [0.717, 1.165) is 5.69 Å². The number of aryl methyl sites for hydroxylation is 1. The van der Waals surface area contributed by atoms with Crippen molar-refractivity contribution in [2.24, 2.45) is 7.05 Å². The van der Waals surface area contributed by atoms with Gasteiger partial charge >= 0.3 is 0 Å². The fourth-order valence-corrected chi connectivity index (χ4v) is 1.75. The highest BCUT2D eigenvalue weighted by molar-refractivity contribution is 5.09. The van der Waals surface area contributed by atoms with Gasteiger partial charge in [0.1, 0.15) is 0 Å². The van der Waals surface area contributed by atoms with Crippen LogP contribution in [-0.2, 0) is 12.5 Å². The molecule has 1 unspecified atom stereocenters. The van der Waals surface area contributed by atoms with Gasteiger partial charge in [0.15, 0.2) is 0 Å². The van der Waals surface area contributed by atoms with Gasteiger partial charge in [-0.1, -0.05) is 19.1 Å². The van der Waals surface area contributed by atoms with E-state index in [0.29, 0.717) is 6.42 Å². The summed E-state index contributed by atoms with van der Waals surface area (Å²) in [6.07, 6.45) is 2.17. The Morgan fingerprint density at radius 3 is 2.62 bits per heavy atom. The number of aliphatic hydroxyl groups is 1. The molecule has 1 rings (SSSR count). The molecule has 0 bridgehead atoms. The van der Waals surface area contributed by atoms with E-state index in [9.17, 15) is 5.11 Å². The van der Waals surface area contributed by atoms with E-state index in [1.54, 1.807) is 17.8 Å². The summed E-state index contributed by atoms with van der Waals surface area (Å²) >= 11 is 0. The molecule has 0 spiro atoms. The third-order valence-electron chi connectivity index (χ3n) is 2.21. The maximum absolute atomic E-state index is 9.33. The lowest BCUT2D eigenvalue weighted by atomic mass is 9.84. The van der Waals surface area contributed by atoms with Crippen LogP contribution in [0.15, 0.2) is 6.20 Å². The highest BCUT2D eigenvalue weighted by Crippen LogP contribution is 2.26. The molecule has 1 aromatic rings. The first-order chi connectivity index (χ1) is 5.93. The van der Waals surface area contributed by atoms with E-state index in [4.69, 9.17) is 0 Å². The summed E-state index contributed by atoms with van der Waals surface area (Å²) in [7, 11) is 1.87. The molecular formula is C9H17N3O. The SMILES string of the molecule is CC(O)CC(C)(C)c1cnnn1C. The van der Waals surface area contributed by atoms with Crippen molar-refractivity contribution in [2.75, 3.05) is 0 Å². The maximum Gasteiger partial charge on any atom is 0.0730 e. The Morgan fingerprint density at radius 1 is 1.62 bits per heavy atom. The van der Waals surface area contributed by atoms with Crippen LogP contribution in [0.1, 0.15) is 32.9 Å². The minimum atomic E-state index is -0.301. The highest BCUT2D eigenvalue weighted by Gasteiger charge is 2.25. The number of hydrogen-bond acceptors (Lipinski definition) is 3. The molecule has 0 amide bonds. The number of nitrogens with zero attached hydrogens (tertiary/aromatic N) is 3. The van der Waals surface area contributed by atoms with Gasteiger partial charge in [0, 0.05) is 12.5 Å². The Hall–Kier alpha value is -0.900. The number of aromatic nitrogens is 3. The van der Waals surface area contributed by atoms with Crippen LogP contribution in [0.5, 0.6) is 0 Å². The third kappa shape index (κ3) is 2.28. The first-order valence-corrected chi connectivity index (χ1v) is 4.47. The summed E-state index contributed by atoms with van der Waals surface area (Å²) in [6, 6.07) is 0. The Morgan fingerprint density at radius 2 is 2.23 bits per heavy atom. The van der Waals surface area contributed by atoms with Gasteiger partial charge in [0.25, 0.3) is 0 Å². The van der Waals surface area contributed by atoms with Gasteiger partial charge in [-0.25, -0.2) is 0 Å². The largest absolute Gasteiger partial charge is 0.393 e. The summed E-state index contributed by atoms with van der Waals surface area (Å²) in [6.45, 7) is 5.96. The Bertz CT molecular complexity index is 278. The predicted molar refractivity (Wildman–Crippen MR) is 50.3 cm³/mol. The second-order valence-electron chi connectivity index (χ2n) is 4.18. The zero-order chi connectivity index (χ0) is 10.1. The maximum atomic E-state index is 9.33. The molecule has 4 heteroatoms. The van der Waals surface area contributed by atoms with E-state index in [-0.39, 0.29) is 11.5 Å². The summed E-state index contributed by atoms with van der Waals surface area (Å²) in [4.78, 5) is 0. The molecular weight excluding hydrogens is 166 g/mol. The molecule has 1 N–H and O–H groups in total. The van der Waals surface area contributed by atoms with E-state index < -0.39 is 0 Å². The molecule has 13 heavy (non-hydrogen) atoms. The van der Waals surface area contributed by atoms with E-state index >= 15 is 0 Å². The van der Waals surface area contributed by atoms with E-state index in [2.05, 4.69) is 24.2 Å². The fourth-order valence-electron chi connectivity index (χ4n) is 1.75. The van der Waals surface area contributed by atoms with Gasteiger partial charge in [0.05, 0.1) is 18.0 Å². The van der Waals surface area contributed by atoms with Crippen LogP contribution in [0.25, 0.3) is 0 Å². The molecule has 1 aromatic heterocycles. The van der Waals surface area contributed by atoms with Crippen molar-refractivity contribution in [3.63, 3.8) is 0 Å². The van der Waals surface area contributed by atoms with Gasteiger partial charge in [0.2, 0.25) is 0 Å². The van der Waals surface area contributed by atoms with Gasteiger partial charge in [-0.05, 0) is 13.3 Å². The van der Waals surface area contributed by atoms with Crippen LogP contribution in [0, 0.1) is 0 Å². The third-order valence-corrected chi connectivity index (χ3v) is 2.21.